The van der Waals surface area contributed by atoms with Crippen molar-refractivity contribution in [2.24, 2.45) is 0 Å². The molecule has 6 heteroatoms. The van der Waals surface area contributed by atoms with Gasteiger partial charge in [0.15, 0.2) is 0 Å². The molecule has 0 spiro atoms. The molecule has 0 fully saturated rings. The van der Waals surface area contributed by atoms with Gasteiger partial charge in [0.2, 0.25) is 0 Å². The third-order valence-corrected chi connectivity index (χ3v) is 3.72. The van der Waals surface area contributed by atoms with Gasteiger partial charge in [0.05, 0.1) is 19.3 Å². The van der Waals surface area contributed by atoms with Crippen molar-refractivity contribution >= 4 is 27.5 Å². The highest BCUT2D eigenvalue weighted by Crippen LogP contribution is 2.13. The monoisotopic (exact) mass is 359 g/mol. The Morgan fingerprint density at radius 3 is 2.73 bits per heavy atom. The number of fused-ring (bicyclic) bond motifs is 1. The molecule has 112 valence electrons. The summed E-state index contributed by atoms with van der Waals surface area (Å²) in [5.74, 6) is 0.586. The van der Waals surface area contributed by atoms with Gasteiger partial charge in [0, 0.05) is 22.4 Å². The maximum Gasteiger partial charge on any atom is 0.251 e. The average molecular weight is 360 g/mol. The SMILES string of the molecule is COc1ccc(C(=O)NCc2cn3cc(Br)ccc3n2)cc1. The molecular formula is C16H14BrN3O2. The first-order valence-corrected chi connectivity index (χ1v) is 7.50. The number of halogens is 1. The third kappa shape index (κ3) is 3.12. The Morgan fingerprint density at radius 2 is 2.00 bits per heavy atom. The van der Waals surface area contributed by atoms with Crippen molar-refractivity contribution in [2.45, 2.75) is 6.54 Å². The van der Waals surface area contributed by atoms with Gasteiger partial charge in [-0.2, -0.15) is 0 Å². The minimum Gasteiger partial charge on any atom is -0.497 e. The van der Waals surface area contributed by atoms with Gasteiger partial charge in [-0.25, -0.2) is 4.98 Å². The predicted molar refractivity (Wildman–Crippen MR) is 87.1 cm³/mol. The Kier molecular flexibility index (Phi) is 4.11. The summed E-state index contributed by atoms with van der Waals surface area (Å²) in [5, 5.41) is 2.86. The van der Waals surface area contributed by atoms with Crippen LogP contribution in [0.15, 0.2) is 53.3 Å². The summed E-state index contributed by atoms with van der Waals surface area (Å²) in [5.41, 5.74) is 2.24. The molecule has 0 aliphatic carbocycles. The van der Waals surface area contributed by atoms with Gasteiger partial charge in [0.25, 0.3) is 5.91 Å². The first-order chi connectivity index (χ1) is 10.7. The number of carbonyl (C=O) groups is 1. The van der Waals surface area contributed by atoms with Crippen LogP contribution in [0.25, 0.3) is 5.65 Å². The number of nitrogens with zero attached hydrogens (tertiary/aromatic N) is 2. The zero-order chi connectivity index (χ0) is 15.5. The number of benzene rings is 1. The Hall–Kier alpha value is -2.34. The lowest BCUT2D eigenvalue weighted by molar-refractivity contribution is 0.0950. The van der Waals surface area contributed by atoms with Crippen LogP contribution < -0.4 is 10.1 Å². The summed E-state index contributed by atoms with van der Waals surface area (Å²) >= 11 is 3.42. The Labute approximate surface area is 136 Å². The van der Waals surface area contributed by atoms with E-state index in [0.717, 1.165) is 21.6 Å². The van der Waals surface area contributed by atoms with Crippen LogP contribution in [0.3, 0.4) is 0 Å². The van der Waals surface area contributed by atoms with Crippen LogP contribution in [0.4, 0.5) is 0 Å². The summed E-state index contributed by atoms with van der Waals surface area (Å²) in [7, 11) is 1.59. The molecule has 0 unspecified atom stereocenters. The Balaban J connectivity index is 1.68. The fourth-order valence-electron chi connectivity index (χ4n) is 2.12. The van der Waals surface area contributed by atoms with E-state index in [9.17, 15) is 4.79 Å². The first kappa shape index (κ1) is 14.6. The zero-order valence-electron chi connectivity index (χ0n) is 11.9. The minimum absolute atomic E-state index is 0.138. The molecule has 0 bridgehead atoms. The molecule has 5 nitrogen and oxygen atoms in total. The van der Waals surface area contributed by atoms with Crippen LogP contribution in [0.1, 0.15) is 16.1 Å². The van der Waals surface area contributed by atoms with Gasteiger partial charge < -0.3 is 14.5 Å². The van der Waals surface area contributed by atoms with E-state index in [1.165, 1.54) is 0 Å². The van der Waals surface area contributed by atoms with Crippen molar-refractivity contribution in [2.75, 3.05) is 7.11 Å². The standard InChI is InChI=1S/C16H14BrN3O2/c1-22-14-5-2-11(3-6-14)16(21)18-8-13-10-20-9-12(17)4-7-15(20)19-13/h2-7,9-10H,8H2,1H3,(H,18,21). The molecule has 0 aliphatic rings. The summed E-state index contributed by atoms with van der Waals surface area (Å²) in [6, 6.07) is 10.8. The first-order valence-electron chi connectivity index (χ1n) is 6.71. The van der Waals surface area contributed by atoms with Crippen LogP contribution in [0.2, 0.25) is 0 Å². The van der Waals surface area contributed by atoms with E-state index in [1.54, 1.807) is 31.4 Å². The second-order valence-electron chi connectivity index (χ2n) is 4.76. The van der Waals surface area contributed by atoms with Gasteiger partial charge in [-0.3, -0.25) is 4.79 Å². The molecule has 0 radical (unpaired) electrons. The summed E-state index contributed by atoms with van der Waals surface area (Å²) in [6.07, 6.45) is 3.82. The number of hydrogen-bond donors (Lipinski definition) is 1. The van der Waals surface area contributed by atoms with E-state index in [1.807, 2.05) is 28.9 Å². The molecule has 0 saturated carbocycles. The molecule has 0 saturated heterocycles. The number of ether oxygens (including phenoxy) is 1. The number of pyridine rings is 1. The third-order valence-electron chi connectivity index (χ3n) is 3.25. The number of carbonyl (C=O) groups excluding carboxylic acids is 1. The number of rotatable bonds is 4. The molecule has 22 heavy (non-hydrogen) atoms. The van der Waals surface area contributed by atoms with Crippen molar-refractivity contribution < 1.29 is 9.53 Å². The number of hydrogen-bond acceptors (Lipinski definition) is 3. The minimum atomic E-state index is -0.138. The molecule has 1 amide bonds. The van der Waals surface area contributed by atoms with Crippen LogP contribution in [0.5, 0.6) is 5.75 Å². The zero-order valence-corrected chi connectivity index (χ0v) is 13.5. The summed E-state index contributed by atoms with van der Waals surface area (Å²) in [4.78, 5) is 16.5. The topological polar surface area (TPSA) is 55.6 Å². The van der Waals surface area contributed by atoms with E-state index < -0.39 is 0 Å². The Morgan fingerprint density at radius 1 is 1.23 bits per heavy atom. The van der Waals surface area contributed by atoms with E-state index in [2.05, 4.69) is 26.2 Å². The lowest BCUT2D eigenvalue weighted by Gasteiger charge is -2.04. The van der Waals surface area contributed by atoms with E-state index in [0.29, 0.717) is 12.1 Å². The van der Waals surface area contributed by atoms with Gasteiger partial charge in [-0.15, -0.1) is 0 Å². The van der Waals surface area contributed by atoms with Crippen molar-refractivity contribution in [1.82, 2.24) is 14.7 Å². The highest BCUT2D eigenvalue weighted by molar-refractivity contribution is 9.10. The second kappa shape index (κ2) is 6.19. The molecule has 1 N–H and O–H groups in total. The smallest absolute Gasteiger partial charge is 0.251 e. The number of methoxy groups -OCH3 is 1. The quantitative estimate of drug-likeness (QED) is 0.778. The number of imidazole rings is 1. The number of aromatic nitrogens is 2. The van der Waals surface area contributed by atoms with Crippen molar-refractivity contribution in [3.63, 3.8) is 0 Å². The summed E-state index contributed by atoms with van der Waals surface area (Å²) in [6.45, 7) is 0.379. The highest BCUT2D eigenvalue weighted by Gasteiger charge is 2.07. The van der Waals surface area contributed by atoms with Gasteiger partial charge in [0.1, 0.15) is 11.4 Å². The van der Waals surface area contributed by atoms with E-state index >= 15 is 0 Å². The molecule has 0 aliphatic heterocycles. The highest BCUT2D eigenvalue weighted by atomic mass is 79.9. The normalized spacial score (nSPS) is 10.6. The predicted octanol–water partition coefficient (Wildman–Crippen LogP) is 3.04. The maximum absolute atomic E-state index is 12.1. The van der Waals surface area contributed by atoms with E-state index in [-0.39, 0.29) is 5.91 Å². The van der Waals surface area contributed by atoms with Gasteiger partial charge in [-0.1, -0.05) is 0 Å². The van der Waals surface area contributed by atoms with Crippen LogP contribution in [-0.2, 0) is 6.54 Å². The molecule has 3 aromatic rings. The molecule has 2 heterocycles. The molecule has 1 aromatic carbocycles. The maximum atomic E-state index is 12.1. The van der Waals surface area contributed by atoms with E-state index in [4.69, 9.17) is 4.74 Å². The number of amides is 1. The largest absolute Gasteiger partial charge is 0.497 e. The fraction of sp³-hybridized carbons (Fsp3) is 0.125. The van der Waals surface area contributed by atoms with Crippen molar-refractivity contribution in [3.8, 4) is 5.75 Å². The average Bonchev–Trinajstić information content (AvgIpc) is 2.94. The molecular weight excluding hydrogens is 346 g/mol. The molecule has 3 rings (SSSR count). The van der Waals surface area contributed by atoms with Gasteiger partial charge >= 0.3 is 0 Å². The Bertz CT molecular complexity index is 812. The lowest BCUT2D eigenvalue weighted by Crippen LogP contribution is -2.22. The van der Waals surface area contributed by atoms with Crippen LogP contribution in [-0.4, -0.2) is 22.4 Å². The second-order valence-corrected chi connectivity index (χ2v) is 5.67. The molecule has 2 aromatic heterocycles. The molecule has 0 atom stereocenters. The van der Waals surface area contributed by atoms with Crippen molar-refractivity contribution in [1.29, 1.82) is 0 Å². The number of nitrogens with one attached hydrogen (secondary N) is 1. The van der Waals surface area contributed by atoms with Crippen LogP contribution >= 0.6 is 15.9 Å². The lowest BCUT2D eigenvalue weighted by atomic mass is 10.2. The summed E-state index contributed by atoms with van der Waals surface area (Å²) < 4.78 is 7.97. The fourth-order valence-corrected chi connectivity index (χ4v) is 2.47. The van der Waals surface area contributed by atoms with Crippen LogP contribution in [0, 0.1) is 0 Å². The van der Waals surface area contributed by atoms with Crippen molar-refractivity contribution in [3.05, 3.63) is 64.5 Å². The van der Waals surface area contributed by atoms with Gasteiger partial charge in [-0.05, 0) is 52.3 Å².